The number of anilines is 2. The molecule has 1 aromatic heterocycles. The van der Waals surface area contributed by atoms with Crippen molar-refractivity contribution in [2.75, 3.05) is 22.7 Å². The molecule has 170 valence electrons. The van der Waals surface area contributed by atoms with Gasteiger partial charge in [0.2, 0.25) is 5.95 Å². The van der Waals surface area contributed by atoms with Gasteiger partial charge in [0.15, 0.2) is 10.7 Å². The van der Waals surface area contributed by atoms with E-state index in [-0.39, 0.29) is 16.8 Å². The highest BCUT2D eigenvalue weighted by Crippen LogP contribution is 2.38. The molecule has 0 unspecified atom stereocenters. The number of nitrogens with one attached hydrogen (secondary N) is 2. The number of benzene rings is 1. The van der Waals surface area contributed by atoms with Crippen LogP contribution in [0.25, 0.3) is 0 Å². The van der Waals surface area contributed by atoms with Crippen molar-refractivity contribution in [2.24, 2.45) is 0 Å². The van der Waals surface area contributed by atoms with Crippen LogP contribution in [0.3, 0.4) is 0 Å². The lowest BCUT2D eigenvalue weighted by Gasteiger charge is -2.35. The smallest absolute Gasteiger partial charge is 0.268 e. The Morgan fingerprint density at radius 3 is 2.52 bits per heavy atom. The molecule has 0 bridgehead atoms. The van der Waals surface area contributed by atoms with Crippen molar-refractivity contribution >= 4 is 33.1 Å². The molecule has 3 rings (SSSR count). The van der Waals surface area contributed by atoms with E-state index in [1.165, 1.54) is 6.07 Å². The van der Waals surface area contributed by atoms with Crippen LogP contribution < -0.4 is 14.9 Å². The first-order chi connectivity index (χ1) is 14.2. The summed E-state index contributed by atoms with van der Waals surface area (Å²) in [5.41, 5.74) is -0.414. The molecule has 1 aliphatic rings. The van der Waals surface area contributed by atoms with E-state index in [1.54, 1.807) is 4.90 Å². The first kappa shape index (κ1) is 23.6. The van der Waals surface area contributed by atoms with Crippen molar-refractivity contribution in [3.63, 3.8) is 0 Å². The van der Waals surface area contributed by atoms with Crippen LogP contribution in [0, 0.1) is 17.6 Å². The average Bonchev–Trinajstić information content (AvgIpc) is 2.97. The molecule has 1 aliphatic heterocycles. The summed E-state index contributed by atoms with van der Waals surface area (Å²) in [6.07, 6.45) is 0.705. The van der Waals surface area contributed by atoms with Gasteiger partial charge in [0.25, 0.3) is 10.0 Å². The van der Waals surface area contributed by atoms with Crippen LogP contribution in [0.2, 0.25) is 5.02 Å². The maximum absolute atomic E-state index is 15.0. The highest BCUT2D eigenvalue weighted by molar-refractivity contribution is 7.92. The van der Waals surface area contributed by atoms with Crippen LogP contribution in [-0.2, 0) is 10.0 Å². The van der Waals surface area contributed by atoms with Crippen LogP contribution in [-0.4, -0.2) is 37.6 Å². The predicted molar refractivity (Wildman–Crippen MR) is 114 cm³/mol. The Morgan fingerprint density at radius 1 is 1.23 bits per heavy atom. The zero-order chi connectivity index (χ0) is 23.2. The first-order valence-electron chi connectivity index (χ1n) is 9.58. The minimum Gasteiger partial charge on any atom is -0.368 e. The summed E-state index contributed by atoms with van der Waals surface area (Å²) < 4.78 is 70.1. The van der Waals surface area contributed by atoms with E-state index in [0.29, 0.717) is 19.5 Å². The maximum Gasteiger partial charge on any atom is 0.268 e. The molecule has 0 spiro atoms. The summed E-state index contributed by atoms with van der Waals surface area (Å²) in [5.74, 6) is -4.09. The minimum absolute atomic E-state index is 0.0685. The van der Waals surface area contributed by atoms with Gasteiger partial charge in [0.05, 0.1) is 5.69 Å². The number of halogens is 4. The largest absolute Gasteiger partial charge is 0.368 e. The second kappa shape index (κ2) is 8.14. The van der Waals surface area contributed by atoms with Crippen molar-refractivity contribution in [1.82, 2.24) is 10.3 Å². The Bertz CT molecular complexity index is 1110. The van der Waals surface area contributed by atoms with E-state index >= 15 is 0 Å². The highest BCUT2D eigenvalue weighted by atomic mass is 35.5. The lowest BCUT2D eigenvalue weighted by atomic mass is 9.96. The summed E-state index contributed by atoms with van der Waals surface area (Å²) in [6.45, 7) is 8.98. The van der Waals surface area contributed by atoms with E-state index in [1.807, 2.05) is 32.4 Å². The lowest BCUT2D eigenvalue weighted by molar-refractivity contribution is 0.283. The average molecular weight is 477 g/mol. The molecule has 1 aromatic carbocycles. The van der Waals surface area contributed by atoms with Crippen molar-refractivity contribution < 1.29 is 21.6 Å². The molecule has 0 aliphatic carbocycles. The highest BCUT2D eigenvalue weighted by Gasteiger charge is 2.38. The zero-order valence-corrected chi connectivity index (χ0v) is 19.1. The molecule has 2 aromatic rings. The monoisotopic (exact) mass is 476 g/mol. The van der Waals surface area contributed by atoms with Crippen LogP contribution in [0.5, 0.6) is 0 Å². The van der Waals surface area contributed by atoms with E-state index in [4.69, 9.17) is 11.6 Å². The van der Waals surface area contributed by atoms with Gasteiger partial charge in [-0.1, -0.05) is 17.7 Å². The summed E-state index contributed by atoms with van der Waals surface area (Å²) in [4.78, 5) is 3.81. The van der Waals surface area contributed by atoms with E-state index in [9.17, 15) is 21.6 Å². The molecule has 6 nitrogen and oxygen atoms in total. The summed E-state index contributed by atoms with van der Waals surface area (Å²) >= 11 is 6.14. The SMILES string of the molecule is CC(C)(C)N[C@]1(C)CCN(c2cc(F)c(S(=O)(=O)Nc3cccc(F)n3)c(F)c2Cl)C1. The maximum atomic E-state index is 15.0. The zero-order valence-electron chi connectivity index (χ0n) is 17.6. The van der Waals surface area contributed by atoms with Crippen LogP contribution in [0.15, 0.2) is 29.2 Å². The van der Waals surface area contributed by atoms with Crippen molar-refractivity contribution in [3.8, 4) is 0 Å². The molecule has 2 heterocycles. The Morgan fingerprint density at radius 2 is 1.90 bits per heavy atom. The Kier molecular flexibility index (Phi) is 6.20. The van der Waals surface area contributed by atoms with Crippen LogP contribution in [0.4, 0.5) is 24.7 Å². The Balaban J connectivity index is 1.93. The molecule has 0 amide bonds. The summed E-state index contributed by atoms with van der Waals surface area (Å²) in [6, 6.07) is 4.27. The first-order valence-corrected chi connectivity index (χ1v) is 11.4. The third kappa shape index (κ3) is 5.24. The third-order valence-electron chi connectivity index (χ3n) is 4.81. The Hall–Kier alpha value is -2.04. The molecule has 1 fully saturated rings. The van der Waals surface area contributed by atoms with Gasteiger partial charge >= 0.3 is 0 Å². The minimum atomic E-state index is -4.75. The molecule has 2 N–H and O–H groups in total. The second-order valence-electron chi connectivity index (χ2n) is 8.89. The van der Waals surface area contributed by atoms with Crippen molar-refractivity contribution in [3.05, 3.63) is 46.9 Å². The number of pyridine rings is 1. The standard InChI is InChI=1S/C20H24ClF3N4O2S/c1-19(2,3)27-20(4)8-9-28(11-20)13-10-12(22)18(17(24)16(13)21)31(29,30)26-15-7-5-6-14(23)25-15/h5-7,10,27H,8-9,11H2,1-4H3,(H,25,26)/t20-/m1/s1. The van der Waals surface area contributed by atoms with Crippen molar-refractivity contribution in [2.45, 2.75) is 50.1 Å². The topological polar surface area (TPSA) is 74.3 Å². The molecular weight excluding hydrogens is 453 g/mol. The molecule has 1 saturated heterocycles. The molecule has 11 heteroatoms. The fraction of sp³-hybridized carbons (Fsp3) is 0.450. The number of aromatic nitrogens is 1. The van der Waals surface area contributed by atoms with Gasteiger partial charge in [-0.05, 0) is 46.2 Å². The van der Waals surface area contributed by atoms with Gasteiger partial charge in [0.1, 0.15) is 16.7 Å². The van der Waals surface area contributed by atoms with Gasteiger partial charge in [-0.25, -0.2) is 22.2 Å². The van der Waals surface area contributed by atoms with Gasteiger partial charge < -0.3 is 10.2 Å². The number of hydrogen-bond donors (Lipinski definition) is 2. The normalized spacial score (nSPS) is 19.7. The lowest BCUT2D eigenvalue weighted by Crippen LogP contribution is -2.53. The molecule has 0 radical (unpaired) electrons. The second-order valence-corrected chi connectivity index (χ2v) is 10.9. The quantitative estimate of drug-likeness (QED) is 0.497. The van der Waals surface area contributed by atoms with Crippen LogP contribution in [0.1, 0.15) is 34.1 Å². The fourth-order valence-corrected chi connectivity index (χ4v) is 5.34. The van der Waals surface area contributed by atoms with Gasteiger partial charge in [-0.15, -0.1) is 0 Å². The fourth-order valence-electron chi connectivity index (χ4n) is 3.87. The molecular formula is C20H24ClF3N4O2S. The number of nitrogens with zero attached hydrogens (tertiary/aromatic N) is 2. The van der Waals surface area contributed by atoms with E-state index in [0.717, 1.165) is 18.2 Å². The number of rotatable bonds is 5. The predicted octanol–water partition coefficient (Wildman–Crippen LogP) is 4.31. The van der Waals surface area contributed by atoms with E-state index < -0.39 is 43.3 Å². The molecule has 1 atom stereocenters. The van der Waals surface area contributed by atoms with Gasteiger partial charge in [0, 0.05) is 30.2 Å². The van der Waals surface area contributed by atoms with Gasteiger partial charge in [-0.3, -0.25) is 4.72 Å². The Labute approximate surface area is 184 Å². The van der Waals surface area contributed by atoms with Crippen molar-refractivity contribution in [1.29, 1.82) is 0 Å². The number of sulfonamides is 1. The third-order valence-corrected chi connectivity index (χ3v) is 6.56. The number of hydrogen-bond acceptors (Lipinski definition) is 5. The molecule has 0 saturated carbocycles. The molecule has 31 heavy (non-hydrogen) atoms. The summed E-state index contributed by atoms with van der Waals surface area (Å²) in [5, 5.41) is 2.99. The van der Waals surface area contributed by atoms with Gasteiger partial charge in [-0.2, -0.15) is 4.39 Å². The van der Waals surface area contributed by atoms with E-state index in [2.05, 4.69) is 10.3 Å². The summed E-state index contributed by atoms with van der Waals surface area (Å²) in [7, 11) is -4.75. The van der Waals surface area contributed by atoms with Crippen LogP contribution >= 0.6 is 11.6 Å².